The Bertz CT molecular complexity index is 357. The summed E-state index contributed by atoms with van der Waals surface area (Å²) in [7, 11) is 0. The van der Waals surface area contributed by atoms with Crippen molar-refractivity contribution in [1.82, 2.24) is 0 Å². The molecule has 1 aromatic rings. The third kappa shape index (κ3) is 6.19. The van der Waals surface area contributed by atoms with Gasteiger partial charge in [-0.3, -0.25) is 0 Å². The van der Waals surface area contributed by atoms with Crippen LogP contribution in [-0.2, 0) is 0 Å². The van der Waals surface area contributed by atoms with Crippen molar-refractivity contribution >= 4 is 23.4 Å². The molecular formula is C11H13ClF3NS. The predicted molar refractivity (Wildman–Crippen MR) is 65.4 cm³/mol. The lowest BCUT2D eigenvalue weighted by Crippen LogP contribution is -2.25. The van der Waals surface area contributed by atoms with Crippen molar-refractivity contribution in [3.05, 3.63) is 29.3 Å². The first-order valence-electron chi connectivity index (χ1n) is 5.08. The van der Waals surface area contributed by atoms with Gasteiger partial charge in [-0.15, -0.1) is 11.8 Å². The number of rotatable bonds is 5. The van der Waals surface area contributed by atoms with Gasteiger partial charge in [-0.25, -0.2) is 0 Å². The molecular weight excluding hydrogens is 271 g/mol. The summed E-state index contributed by atoms with van der Waals surface area (Å²) in [6, 6.07) is 6.72. The van der Waals surface area contributed by atoms with Crippen molar-refractivity contribution < 1.29 is 13.2 Å². The third-order valence-electron chi connectivity index (χ3n) is 2.09. The van der Waals surface area contributed by atoms with Crippen LogP contribution in [-0.4, -0.2) is 18.0 Å². The SMILES string of the molecule is NC(CCC(F)(F)F)CSc1ccccc1Cl. The van der Waals surface area contributed by atoms with Gasteiger partial charge in [0.2, 0.25) is 0 Å². The Kier molecular flexibility index (Phi) is 5.62. The van der Waals surface area contributed by atoms with E-state index in [1.807, 2.05) is 12.1 Å². The molecule has 0 fully saturated rings. The zero-order valence-corrected chi connectivity index (χ0v) is 10.6. The van der Waals surface area contributed by atoms with Crippen molar-refractivity contribution in [2.24, 2.45) is 5.73 Å². The predicted octanol–water partition coefficient (Wildman–Crippen LogP) is 4.10. The average molecular weight is 284 g/mol. The van der Waals surface area contributed by atoms with E-state index in [1.165, 1.54) is 11.8 Å². The van der Waals surface area contributed by atoms with E-state index in [0.29, 0.717) is 10.8 Å². The van der Waals surface area contributed by atoms with Gasteiger partial charge >= 0.3 is 6.18 Å². The summed E-state index contributed by atoms with van der Waals surface area (Å²) >= 11 is 7.30. The first-order chi connectivity index (χ1) is 7.88. The maximum absolute atomic E-state index is 12.0. The van der Waals surface area contributed by atoms with Crippen LogP contribution in [0.3, 0.4) is 0 Å². The van der Waals surface area contributed by atoms with Crippen LogP contribution in [0.2, 0.25) is 5.02 Å². The Labute approximate surface area is 108 Å². The molecule has 0 aromatic heterocycles. The molecule has 1 aromatic carbocycles. The molecule has 0 saturated carbocycles. The molecule has 6 heteroatoms. The van der Waals surface area contributed by atoms with E-state index < -0.39 is 18.6 Å². The highest BCUT2D eigenvalue weighted by Gasteiger charge is 2.27. The molecule has 0 aliphatic carbocycles. The molecule has 17 heavy (non-hydrogen) atoms. The Morgan fingerprint density at radius 2 is 1.94 bits per heavy atom. The van der Waals surface area contributed by atoms with Gasteiger partial charge in [0.05, 0.1) is 5.02 Å². The van der Waals surface area contributed by atoms with Crippen molar-refractivity contribution in [2.75, 3.05) is 5.75 Å². The minimum Gasteiger partial charge on any atom is -0.327 e. The van der Waals surface area contributed by atoms with E-state index in [0.717, 1.165) is 4.90 Å². The fourth-order valence-electron chi connectivity index (χ4n) is 1.19. The second-order valence-corrected chi connectivity index (χ2v) is 5.12. The summed E-state index contributed by atoms with van der Waals surface area (Å²) in [5.41, 5.74) is 5.61. The highest BCUT2D eigenvalue weighted by atomic mass is 35.5. The largest absolute Gasteiger partial charge is 0.389 e. The summed E-state index contributed by atoms with van der Waals surface area (Å²) in [5.74, 6) is 0.430. The highest BCUT2D eigenvalue weighted by Crippen LogP contribution is 2.28. The van der Waals surface area contributed by atoms with E-state index in [-0.39, 0.29) is 6.42 Å². The zero-order valence-electron chi connectivity index (χ0n) is 9.01. The molecule has 1 nitrogen and oxygen atoms in total. The third-order valence-corrected chi connectivity index (χ3v) is 3.79. The first-order valence-corrected chi connectivity index (χ1v) is 6.44. The lowest BCUT2D eigenvalue weighted by atomic mass is 10.2. The topological polar surface area (TPSA) is 26.0 Å². The maximum Gasteiger partial charge on any atom is 0.389 e. The Morgan fingerprint density at radius 3 is 2.53 bits per heavy atom. The molecule has 1 unspecified atom stereocenters. The average Bonchev–Trinajstić information content (AvgIpc) is 2.24. The van der Waals surface area contributed by atoms with Crippen LogP contribution in [0.15, 0.2) is 29.2 Å². The van der Waals surface area contributed by atoms with Crippen LogP contribution in [0.25, 0.3) is 0 Å². The quantitative estimate of drug-likeness (QED) is 0.823. The van der Waals surface area contributed by atoms with Gasteiger partial charge in [0.15, 0.2) is 0 Å². The Balaban J connectivity index is 2.34. The van der Waals surface area contributed by atoms with Gasteiger partial charge in [-0.1, -0.05) is 23.7 Å². The lowest BCUT2D eigenvalue weighted by molar-refractivity contribution is -0.136. The number of nitrogens with two attached hydrogens (primary N) is 1. The summed E-state index contributed by atoms with van der Waals surface area (Å²) in [5, 5.41) is 0.598. The number of benzene rings is 1. The van der Waals surface area contributed by atoms with Gasteiger partial charge in [0, 0.05) is 23.1 Å². The van der Waals surface area contributed by atoms with Crippen molar-refractivity contribution in [3.8, 4) is 0 Å². The zero-order chi connectivity index (χ0) is 12.9. The number of hydrogen-bond acceptors (Lipinski definition) is 2. The molecule has 0 saturated heterocycles. The van der Waals surface area contributed by atoms with Crippen LogP contribution in [0.4, 0.5) is 13.2 Å². The van der Waals surface area contributed by atoms with Crippen LogP contribution in [0.1, 0.15) is 12.8 Å². The van der Waals surface area contributed by atoms with E-state index in [9.17, 15) is 13.2 Å². The molecule has 0 spiro atoms. The number of hydrogen-bond donors (Lipinski definition) is 1. The molecule has 96 valence electrons. The van der Waals surface area contributed by atoms with Gasteiger partial charge in [-0.2, -0.15) is 13.2 Å². The van der Waals surface area contributed by atoms with E-state index >= 15 is 0 Å². The summed E-state index contributed by atoms with van der Waals surface area (Å²) in [6.45, 7) is 0. The Hall–Kier alpha value is -0.390. The minimum absolute atomic E-state index is 0.0546. The van der Waals surface area contributed by atoms with Gasteiger partial charge in [0.1, 0.15) is 0 Å². The first kappa shape index (κ1) is 14.7. The van der Waals surface area contributed by atoms with E-state index in [4.69, 9.17) is 17.3 Å². The van der Waals surface area contributed by atoms with Gasteiger partial charge in [0.25, 0.3) is 0 Å². The molecule has 0 amide bonds. The van der Waals surface area contributed by atoms with Crippen molar-refractivity contribution in [3.63, 3.8) is 0 Å². The highest BCUT2D eigenvalue weighted by molar-refractivity contribution is 7.99. The van der Waals surface area contributed by atoms with E-state index in [1.54, 1.807) is 12.1 Å². The fraction of sp³-hybridized carbons (Fsp3) is 0.455. The van der Waals surface area contributed by atoms with Crippen molar-refractivity contribution in [1.29, 1.82) is 0 Å². The summed E-state index contributed by atoms with van der Waals surface area (Å²) in [6.07, 6.45) is -5.02. The second-order valence-electron chi connectivity index (χ2n) is 3.66. The van der Waals surface area contributed by atoms with Crippen LogP contribution < -0.4 is 5.73 Å². The fourth-order valence-corrected chi connectivity index (χ4v) is 2.43. The van der Waals surface area contributed by atoms with Gasteiger partial charge < -0.3 is 5.73 Å². The lowest BCUT2D eigenvalue weighted by Gasteiger charge is -2.13. The summed E-state index contributed by atoms with van der Waals surface area (Å²) < 4.78 is 35.9. The molecule has 0 aliphatic heterocycles. The van der Waals surface area contributed by atoms with Crippen molar-refractivity contribution in [2.45, 2.75) is 30.0 Å². The van der Waals surface area contributed by atoms with Crippen LogP contribution >= 0.6 is 23.4 Å². The maximum atomic E-state index is 12.0. The number of thioether (sulfide) groups is 1. The van der Waals surface area contributed by atoms with Crippen LogP contribution in [0, 0.1) is 0 Å². The molecule has 1 atom stereocenters. The second kappa shape index (κ2) is 6.52. The number of alkyl halides is 3. The van der Waals surface area contributed by atoms with Crippen LogP contribution in [0.5, 0.6) is 0 Å². The minimum atomic E-state index is -4.13. The van der Waals surface area contributed by atoms with Gasteiger partial charge in [-0.05, 0) is 18.6 Å². The molecule has 1 rings (SSSR count). The molecule has 0 heterocycles. The molecule has 0 bridgehead atoms. The molecule has 0 aliphatic rings. The monoisotopic (exact) mass is 283 g/mol. The smallest absolute Gasteiger partial charge is 0.327 e. The summed E-state index contributed by atoms with van der Waals surface area (Å²) in [4.78, 5) is 0.844. The Morgan fingerprint density at radius 1 is 1.29 bits per heavy atom. The molecule has 0 radical (unpaired) electrons. The molecule has 2 N–H and O–H groups in total. The van der Waals surface area contributed by atoms with E-state index in [2.05, 4.69) is 0 Å². The standard InChI is InChI=1S/C11H13ClF3NS/c12-9-3-1-2-4-10(9)17-7-8(16)5-6-11(13,14)15/h1-4,8H,5-7,16H2. The number of halogens is 4. The normalized spacial score (nSPS) is 13.7.